The zero-order chi connectivity index (χ0) is 17.0. The van der Waals surface area contributed by atoms with Crippen molar-refractivity contribution >= 4 is 23.2 Å². The number of carbonyl (C=O) groups is 1. The molecule has 0 unspecified atom stereocenters. The van der Waals surface area contributed by atoms with Crippen LogP contribution in [0.5, 0.6) is 5.75 Å². The normalized spacial score (nSPS) is 9.48. The fraction of sp³-hybridized carbons (Fsp3) is 0. The average Bonchev–Trinajstić information content (AvgIpc) is 2.53. The van der Waals surface area contributed by atoms with Crippen LogP contribution < -0.4 is 11.5 Å². The highest BCUT2D eigenvalue weighted by Crippen LogP contribution is 2.42. The van der Waals surface area contributed by atoms with Gasteiger partial charge in [0.25, 0.3) is 5.91 Å². The number of aliphatic imine (C=N–C) groups is 1. The van der Waals surface area contributed by atoms with E-state index < -0.39 is 11.9 Å². The second kappa shape index (κ2) is 6.29. The lowest BCUT2D eigenvalue weighted by molar-refractivity contribution is 0.100. The number of nitrogens with zero attached hydrogens (tertiary/aromatic N) is 3. The molecule has 0 aromatic heterocycles. The fourth-order valence-electron chi connectivity index (χ4n) is 2.12. The molecule has 0 saturated heterocycles. The van der Waals surface area contributed by atoms with E-state index >= 15 is 0 Å². The molecule has 0 bridgehead atoms. The molecule has 1 amide bonds. The van der Waals surface area contributed by atoms with Gasteiger partial charge in [-0.2, -0.15) is 4.99 Å². The number of para-hydroxylation sites is 1. The summed E-state index contributed by atoms with van der Waals surface area (Å²) in [5, 5.41) is 10.1. The number of hydrogen-bond acceptors (Lipinski definition) is 2. The van der Waals surface area contributed by atoms with Gasteiger partial charge in [0.2, 0.25) is 0 Å². The standard InChI is InChI=1S/C16H11N5O2/c1-19-10-6-4-3-5-9(10)13-11(20-2)7-8-12(22)14(13)15(23)21-16(17)18/h3-8,22H,(H4,17,18,21,23). The van der Waals surface area contributed by atoms with Gasteiger partial charge < -0.3 is 16.6 Å². The first-order valence-electron chi connectivity index (χ1n) is 6.33. The van der Waals surface area contributed by atoms with E-state index in [1.165, 1.54) is 12.1 Å². The number of nitrogens with two attached hydrogens (primary N) is 2. The molecule has 0 fully saturated rings. The Labute approximate surface area is 132 Å². The Hall–Kier alpha value is -3.84. The van der Waals surface area contributed by atoms with Crippen LogP contribution in [-0.2, 0) is 0 Å². The Balaban J connectivity index is 2.89. The molecular formula is C16H11N5O2. The van der Waals surface area contributed by atoms with Gasteiger partial charge in [-0.25, -0.2) is 9.69 Å². The molecule has 0 saturated carbocycles. The number of phenolic OH excluding ortho intramolecular Hbond substituents is 1. The Morgan fingerprint density at radius 1 is 1.04 bits per heavy atom. The molecule has 5 N–H and O–H groups in total. The molecule has 0 atom stereocenters. The third kappa shape index (κ3) is 2.94. The fourth-order valence-corrected chi connectivity index (χ4v) is 2.12. The first kappa shape index (κ1) is 15.5. The number of carbonyl (C=O) groups excluding carboxylic acids is 1. The molecule has 2 aromatic rings. The minimum absolute atomic E-state index is 0.105. The lowest BCUT2D eigenvalue weighted by atomic mass is 9.95. The van der Waals surface area contributed by atoms with Crippen LogP contribution in [0.1, 0.15) is 10.4 Å². The second-order valence-electron chi connectivity index (χ2n) is 4.44. The van der Waals surface area contributed by atoms with Gasteiger partial charge in [-0.3, -0.25) is 4.79 Å². The molecule has 0 aliphatic carbocycles. The van der Waals surface area contributed by atoms with Crippen molar-refractivity contribution in [3.63, 3.8) is 0 Å². The van der Waals surface area contributed by atoms with Crippen LogP contribution in [0.2, 0.25) is 0 Å². The highest BCUT2D eigenvalue weighted by atomic mass is 16.3. The van der Waals surface area contributed by atoms with E-state index in [0.717, 1.165) is 0 Å². The number of hydrogen-bond donors (Lipinski definition) is 3. The van der Waals surface area contributed by atoms with Crippen LogP contribution in [-0.4, -0.2) is 17.0 Å². The van der Waals surface area contributed by atoms with Crippen LogP contribution in [0.3, 0.4) is 0 Å². The molecule has 2 aromatic carbocycles. The maximum atomic E-state index is 12.2. The summed E-state index contributed by atoms with van der Waals surface area (Å²) >= 11 is 0. The van der Waals surface area contributed by atoms with Crippen LogP contribution in [0.15, 0.2) is 41.4 Å². The predicted octanol–water partition coefficient (Wildman–Crippen LogP) is 2.57. The van der Waals surface area contributed by atoms with Crippen molar-refractivity contribution in [2.75, 3.05) is 0 Å². The van der Waals surface area contributed by atoms with Gasteiger partial charge in [0.1, 0.15) is 5.75 Å². The third-order valence-electron chi connectivity index (χ3n) is 3.02. The van der Waals surface area contributed by atoms with Gasteiger partial charge in [-0.15, -0.1) is 0 Å². The molecule has 7 nitrogen and oxygen atoms in total. The molecule has 23 heavy (non-hydrogen) atoms. The summed E-state index contributed by atoms with van der Waals surface area (Å²) in [6.07, 6.45) is 0. The summed E-state index contributed by atoms with van der Waals surface area (Å²) in [4.78, 5) is 22.4. The SMILES string of the molecule is [C-]#[N+]c1ccccc1-c1c([N+]#[C-])ccc(O)c1C(=O)N=C(N)N. The van der Waals surface area contributed by atoms with E-state index in [9.17, 15) is 9.90 Å². The summed E-state index contributed by atoms with van der Waals surface area (Å²) in [7, 11) is 0. The van der Waals surface area contributed by atoms with Crippen molar-refractivity contribution in [2.45, 2.75) is 0 Å². The smallest absolute Gasteiger partial charge is 0.283 e. The summed E-state index contributed by atoms with van der Waals surface area (Å²) in [6, 6.07) is 9.04. The van der Waals surface area contributed by atoms with Gasteiger partial charge in [-0.05, 0) is 17.2 Å². The zero-order valence-electron chi connectivity index (χ0n) is 11.8. The number of benzene rings is 2. The maximum absolute atomic E-state index is 12.2. The number of aromatic hydroxyl groups is 1. The van der Waals surface area contributed by atoms with Crippen LogP contribution in [0.25, 0.3) is 20.8 Å². The third-order valence-corrected chi connectivity index (χ3v) is 3.02. The molecule has 0 aliphatic heterocycles. The molecular weight excluding hydrogens is 294 g/mol. The Kier molecular flexibility index (Phi) is 4.25. The molecule has 0 radical (unpaired) electrons. The van der Waals surface area contributed by atoms with E-state index in [-0.39, 0.29) is 28.3 Å². The summed E-state index contributed by atoms with van der Waals surface area (Å²) in [5.41, 5.74) is 11.0. The number of rotatable bonds is 2. The largest absolute Gasteiger partial charge is 0.507 e. The maximum Gasteiger partial charge on any atom is 0.283 e. The summed E-state index contributed by atoms with van der Waals surface area (Å²) in [6.45, 7) is 14.5. The van der Waals surface area contributed by atoms with E-state index in [1.807, 2.05) is 0 Å². The quantitative estimate of drug-likeness (QED) is 0.450. The van der Waals surface area contributed by atoms with E-state index in [1.54, 1.807) is 24.3 Å². The van der Waals surface area contributed by atoms with E-state index in [4.69, 9.17) is 24.6 Å². The molecule has 0 heterocycles. The van der Waals surface area contributed by atoms with Crippen molar-refractivity contribution in [1.82, 2.24) is 0 Å². The van der Waals surface area contributed by atoms with Gasteiger partial charge in [-0.1, -0.05) is 30.3 Å². The Morgan fingerprint density at radius 3 is 2.30 bits per heavy atom. The molecule has 112 valence electrons. The topological polar surface area (TPSA) is 110 Å². The van der Waals surface area contributed by atoms with Crippen molar-refractivity contribution in [1.29, 1.82) is 0 Å². The lowest BCUT2D eigenvalue weighted by Gasteiger charge is -2.13. The lowest BCUT2D eigenvalue weighted by Crippen LogP contribution is -2.24. The predicted molar refractivity (Wildman–Crippen MR) is 86.2 cm³/mol. The van der Waals surface area contributed by atoms with Crippen molar-refractivity contribution < 1.29 is 9.90 Å². The van der Waals surface area contributed by atoms with Crippen LogP contribution in [0, 0.1) is 13.1 Å². The van der Waals surface area contributed by atoms with Crippen molar-refractivity contribution in [3.8, 4) is 16.9 Å². The van der Waals surface area contributed by atoms with Gasteiger partial charge in [0.15, 0.2) is 17.3 Å². The van der Waals surface area contributed by atoms with Crippen LogP contribution >= 0.6 is 0 Å². The molecule has 0 spiro atoms. The first-order chi connectivity index (χ1) is 11.0. The van der Waals surface area contributed by atoms with Gasteiger partial charge >= 0.3 is 0 Å². The molecule has 0 aliphatic rings. The Morgan fingerprint density at radius 2 is 1.70 bits per heavy atom. The summed E-state index contributed by atoms with van der Waals surface area (Å²) in [5.74, 6) is -1.73. The second-order valence-corrected chi connectivity index (χ2v) is 4.44. The van der Waals surface area contributed by atoms with E-state index in [2.05, 4.69) is 14.7 Å². The monoisotopic (exact) mass is 305 g/mol. The molecule has 2 rings (SSSR count). The van der Waals surface area contributed by atoms with E-state index in [0.29, 0.717) is 5.56 Å². The van der Waals surface area contributed by atoms with Crippen molar-refractivity contribution in [2.24, 2.45) is 16.5 Å². The number of phenols is 1. The first-order valence-corrected chi connectivity index (χ1v) is 6.33. The van der Waals surface area contributed by atoms with Gasteiger partial charge in [0, 0.05) is 0 Å². The molecule has 7 heteroatoms. The van der Waals surface area contributed by atoms with Crippen LogP contribution in [0.4, 0.5) is 11.4 Å². The average molecular weight is 305 g/mol. The number of amides is 1. The highest BCUT2D eigenvalue weighted by Gasteiger charge is 2.22. The van der Waals surface area contributed by atoms with Crippen molar-refractivity contribution in [3.05, 3.63) is 64.8 Å². The number of guanidine groups is 1. The summed E-state index contributed by atoms with van der Waals surface area (Å²) < 4.78 is 0. The minimum Gasteiger partial charge on any atom is -0.507 e. The highest BCUT2D eigenvalue weighted by molar-refractivity contribution is 6.11. The zero-order valence-corrected chi connectivity index (χ0v) is 11.8. The van der Waals surface area contributed by atoms with Gasteiger partial charge in [0.05, 0.1) is 18.7 Å². The Bertz CT molecular complexity index is 900. The minimum atomic E-state index is -0.886.